The average Bonchev–Trinajstić information content (AvgIpc) is 2.69. The molecule has 1 unspecified atom stereocenters. The molecule has 5 heteroatoms. The molecule has 2 fully saturated rings. The minimum absolute atomic E-state index is 0.0789. The number of amides is 2. The molecule has 0 aliphatic carbocycles. The Balaban J connectivity index is 1.45. The maximum atomic E-state index is 12.7. The molecule has 0 bridgehead atoms. The van der Waals surface area contributed by atoms with Crippen LogP contribution in [0, 0.1) is 11.8 Å². The highest BCUT2D eigenvalue weighted by Gasteiger charge is 2.31. The number of rotatable bonds is 4. The van der Waals surface area contributed by atoms with Gasteiger partial charge in [-0.05, 0) is 37.2 Å². The quantitative estimate of drug-likeness (QED) is 0.901. The maximum Gasteiger partial charge on any atom is 0.225 e. The van der Waals surface area contributed by atoms with Crippen LogP contribution in [0.2, 0.25) is 0 Å². The van der Waals surface area contributed by atoms with Crippen LogP contribution in [0.1, 0.15) is 50.6 Å². The summed E-state index contributed by atoms with van der Waals surface area (Å²) in [5.41, 5.74) is 7.17. The van der Waals surface area contributed by atoms with Crippen molar-refractivity contribution in [2.45, 2.75) is 45.1 Å². The van der Waals surface area contributed by atoms with Crippen molar-refractivity contribution in [3.8, 4) is 0 Å². The standard InChI is InChI=1S/C21H31N3O2/c1-16-7-11-24(12-8-16)21(26)18-9-13-23(14-10-18)20(25)15-19(22)17-5-3-2-4-6-17/h2-6,16,18-19H,7-15,22H2,1H3. The van der Waals surface area contributed by atoms with Gasteiger partial charge in [0.1, 0.15) is 0 Å². The molecule has 0 radical (unpaired) electrons. The van der Waals surface area contributed by atoms with Crippen LogP contribution < -0.4 is 5.73 Å². The molecule has 142 valence electrons. The molecule has 2 aliphatic heterocycles. The van der Waals surface area contributed by atoms with Gasteiger partial charge in [-0.15, -0.1) is 0 Å². The monoisotopic (exact) mass is 357 g/mol. The van der Waals surface area contributed by atoms with Crippen LogP contribution in [0.5, 0.6) is 0 Å². The smallest absolute Gasteiger partial charge is 0.225 e. The Kier molecular flexibility index (Phi) is 6.30. The van der Waals surface area contributed by atoms with Gasteiger partial charge < -0.3 is 15.5 Å². The Hall–Kier alpha value is -1.88. The number of hydrogen-bond donors (Lipinski definition) is 1. The van der Waals surface area contributed by atoms with Crippen LogP contribution in [-0.2, 0) is 9.59 Å². The van der Waals surface area contributed by atoms with Gasteiger partial charge in [0, 0.05) is 44.6 Å². The molecule has 0 spiro atoms. The van der Waals surface area contributed by atoms with Crippen molar-refractivity contribution in [3.63, 3.8) is 0 Å². The highest BCUT2D eigenvalue weighted by atomic mass is 16.2. The van der Waals surface area contributed by atoms with Crippen LogP contribution in [0.3, 0.4) is 0 Å². The van der Waals surface area contributed by atoms with Gasteiger partial charge in [0.2, 0.25) is 11.8 Å². The molecule has 5 nitrogen and oxygen atoms in total. The Morgan fingerprint density at radius 3 is 2.19 bits per heavy atom. The fourth-order valence-electron chi connectivity index (χ4n) is 4.00. The fraction of sp³-hybridized carbons (Fsp3) is 0.619. The Morgan fingerprint density at radius 2 is 1.58 bits per heavy atom. The van der Waals surface area contributed by atoms with Crippen molar-refractivity contribution >= 4 is 11.8 Å². The molecule has 0 saturated carbocycles. The molecule has 1 aromatic carbocycles. The predicted molar refractivity (Wildman–Crippen MR) is 102 cm³/mol. The minimum Gasteiger partial charge on any atom is -0.343 e. The second-order valence-electron chi connectivity index (χ2n) is 7.88. The highest BCUT2D eigenvalue weighted by Crippen LogP contribution is 2.24. The number of nitrogens with zero attached hydrogens (tertiary/aromatic N) is 2. The Labute approximate surface area is 156 Å². The molecule has 0 aromatic heterocycles. The predicted octanol–water partition coefficient (Wildman–Crippen LogP) is 2.57. The summed E-state index contributed by atoms with van der Waals surface area (Å²) in [6, 6.07) is 9.49. The molecule has 1 atom stereocenters. The lowest BCUT2D eigenvalue weighted by atomic mass is 9.92. The van der Waals surface area contributed by atoms with Crippen molar-refractivity contribution in [2.75, 3.05) is 26.2 Å². The highest BCUT2D eigenvalue weighted by molar-refractivity contribution is 5.80. The van der Waals surface area contributed by atoms with Crippen molar-refractivity contribution in [1.29, 1.82) is 0 Å². The van der Waals surface area contributed by atoms with Gasteiger partial charge >= 0.3 is 0 Å². The first-order valence-corrected chi connectivity index (χ1v) is 9.91. The maximum absolute atomic E-state index is 12.7. The van der Waals surface area contributed by atoms with E-state index < -0.39 is 0 Å². The normalized spacial score (nSPS) is 20.8. The lowest BCUT2D eigenvalue weighted by Crippen LogP contribution is -2.46. The van der Waals surface area contributed by atoms with E-state index in [0.29, 0.717) is 25.4 Å². The molecule has 2 saturated heterocycles. The van der Waals surface area contributed by atoms with E-state index in [2.05, 4.69) is 6.92 Å². The van der Waals surface area contributed by atoms with Gasteiger partial charge in [-0.1, -0.05) is 37.3 Å². The van der Waals surface area contributed by atoms with E-state index in [9.17, 15) is 9.59 Å². The molecule has 2 N–H and O–H groups in total. The third-order valence-corrected chi connectivity index (χ3v) is 5.91. The summed E-state index contributed by atoms with van der Waals surface area (Å²) >= 11 is 0. The average molecular weight is 357 g/mol. The number of nitrogens with two attached hydrogens (primary N) is 1. The first-order valence-electron chi connectivity index (χ1n) is 9.91. The zero-order valence-electron chi connectivity index (χ0n) is 15.8. The number of hydrogen-bond acceptors (Lipinski definition) is 3. The van der Waals surface area contributed by atoms with E-state index in [0.717, 1.165) is 50.3 Å². The third kappa shape index (κ3) is 4.64. The summed E-state index contributed by atoms with van der Waals surface area (Å²) in [6.45, 7) is 5.38. The van der Waals surface area contributed by atoms with Gasteiger partial charge in [-0.25, -0.2) is 0 Å². The van der Waals surface area contributed by atoms with Crippen LogP contribution in [-0.4, -0.2) is 47.8 Å². The summed E-state index contributed by atoms with van der Waals surface area (Å²) in [6.07, 6.45) is 4.10. The van der Waals surface area contributed by atoms with Crippen LogP contribution >= 0.6 is 0 Å². The fourth-order valence-corrected chi connectivity index (χ4v) is 4.00. The lowest BCUT2D eigenvalue weighted by Gasteiger charge is -2.37. The van der Waals surface area contributed by atoms with Crippen molar-refractivity contribution < 1.29 is 9.59 Å². The number of carbonyl (C=O) groups excluding carboxylic acids is 2. The first-order chi connectivity index (χ1) is 12.5. The van der Waals surface area contributed by atoms with Gasteiger partial charge in [0.15, 0.2) is 0 Å². The van der Waals surface area contributed by atoms with Crippen molar-refractivity contribution in [3.05, 3.63) is 35.9 Å². The number of benzene rings is 1. The van der Waals surface area contributed by atoms with E-state index in [1.165, 1.54) is 0 Å². The molecular weight excluding hydrogens is 326 g/mol. The van der Waals surface area contributed by atoms with Crippen LogP contribution in [0.4, 0.5) is 0 Å². The summed E-state index contributed by atoms with van der Waals surface area (Å²) in [5, 5.41) is 0. The topological polar surface area (TPSA) is 66.6 Å². The second-order valence-corrected chi connectivity index (χ2v) is 7.88. The zero-order chi connectivity index (χ0) is 18.5. The van der Waals surface area contributed by atoms with E-state index in [1.54, 1.807) is 0 Å². The number of likely N-dealkylation sites (tertiary alicyclic amines) is 2. The van der Waals surface area contributed by atoms with Crippen molar-refractivity contribution in [1.82, 2.24) is 9.80 Å². The summed E-state index contributed by atoms with van der Waals surface area (Å²) in [4.78, 5) is 29.2. The molecule has 2 heterocycles. The lowest BCUT2D eigenvalue weighted by molar-refractivity contribution is -0.141. The van der Waals surface area contributed by atoms with E-state index >= 15 is 0 Å². The molecular formula is C21H31N3O2. The Morgan fingerprint density at radius 1 is 1.00 bits per heavy atom. The van der Waals surface area contributed by atoms with Gasteiger partial charge in [-0.2, -0.15) is 0 Å². The molecule has 26 heavy (non-hydrogen) atoms. The first kappa shape index (κ1) is 18.9. The molecule has 3 rings (SSSR count). The Bertz CT molecular complexity index is 603. The van der Waals surface area contributed by atoms with E-state index in [1.807, 2.05) is 40.1 Å². The van der Waals surface area contributed by atoms with Crippen molar-refractivity contribution in [2.24, 2.45) is 17.6 Å². The molecule has 2 aliphatic rings. The van der Waals surface area contributed by atoms with Gasteiger partial charge in [0.05, 0.1) is 0 Å². The third-order valence-electron chi connectivity index (χ3n) is 5.91. The number of carbonyl (C=O) groups is 2. The molecule has 1 aromatic rings. The minimum atomic E-state index is -0.265. The van der Waals surface area contributed by atoms with Crippen LogP contribution in [0.15, 0.2) is 30.3 Å². The van der Waals surface area contributed by atoms with Gasteiger partial charge in [-0.3, -0.25) is 9.59 Å². The summed E-state index contributed by atoms with van der Waals surface area (Å²) in [5.74, 6) is 1.20. The van der Waals surface area contributed by atoms with E-state index in [4.69, 9.17) is 5.73 Å². The van der Waals surface area contributed by atoms with E-state index in [-0.39, 0.29) is 17.9 Å². The summed E-state index contributed by atoms with van der Waals surface area (Å²) < 4.78 is 0. The largest absolute Gasteiger partial charge is 0.343 e. The van der Waals surface area contributed by atoms with Crippen LogP contribution in [0.25, 0.3) is 0 Å². The number of piperidine rings is 2. The summed E-state index contributed by atoms with van der Waals surface area (Å²) in [7, 11) is 0. The second kappa shape index (κ2) is 8.67. The molecule has 2 amide bonds. The SMILES string of the molecule is CC1CCN(C(=O)C2CCN(C(=O)CC(N)c3ccccc3)CC2)CC1. The van der Waals surface area contributed by atoms with Gasteiger partial charge in [0.25, 0.3) is 0 Å². The zero-order valence-corrected chi connectivity index (χ0v) is 15.8.